The first kappa shape index (κ1) is 23.8. The van der Waals surface area contributed by atoms with Gasteiger partial charge in [-0.15, -0.1) is 0 Å². The molecule has 1 heterocycles. The molecule has 2 amide bonds. The number of aromatic nitrogens is 2. The monoisotopic (exact) mass is 450 g/mol. The smallest absolute Gasteiger partial charge is 0.255 e. The average Bonchev–Trinajstić information content (AvgIpc) is 3.15. The van der Waals surface area contributed by atoms with Crippen molar-refractivity contribution >= 4 is 17.5 Å². The first-order valence-corrected chi connectivity index (χ1v) is 10.6. The zero-order valence-corrected chi connectivity index (χ0v) is 19.8. The fourth-order valence-corrected chi connectivity index (χ4v) is 3.56. The number of carbonyl (C=O) groups is 2. The molecule has 33 heavy (non-hydrogen) atoms. The molecule has 2 aromatic carbocycles. The molecule has 0 spiro atoms. The number of carbonyl (C=O) groups excluding carboxylic acids is 2. The fourth-order valence-electron chi connectivity index (χ4n) is 3.56. The molecule has 3 rings (SSSR count). The number of H-pyrrole nitrogens is 1. The first-order chi connectivity index (χ1) is 15.7. The third-order valence-electron chi connectivity index (χ3n) is 5.62. The molecule has 0 saturated heterocycles. The zero-order valence-electron chi connectivity index (χ0n) is 19.8. The highest BCUT2D eigenvalue weighted by molar-refractivity contribution is 6.04. The first-order valence-electron chi connectivity index (χ1n) is 10.6. The number of benzene rings is 2. The van der Waals surface area contributed by atoms with E-state index in [4.69, 9.17) is 9.47 Å². The third-order valence-corrected chi connectivity index (χ3v) is 5.62. The van der Waals surface area contributed by atoms with E-state index in [2.05, 4.69) is 34.7 Å². The van der Waals surface area contributed by atoms with Crippen LogP contribution in [0.2, 0.25) is 0 Å². The number of aryl methyl sites for hydroxylation is 2. The number of methoxy groups -OCH3 is 2. The summed E-state index contributed by atoms with van der Waals surface area (Å²) < 4.78 is 10.5. The van der Waals surface area contributed by atoms with Gasteiger partial charge in [-0.25, -0.2) is 0 Å². The Morgan fingerprint density at radius 3 is 2.21 bits per heavy atom. The maximum Gasteiger partial charge on any atom is 0.255 e. The van der Waals surface area contributed by atoms with Crippen LogP contribution in [-0.4, -0.2) is 42.8 Å². The van der Waals surface area contributed by atoms with Crippen LogP contribution in [0.15, 0.2) is 42.5 Å². The number of ether oxygens (including phenoxy) is 2. The topological polar surface area (TPSA) is 105 Å². The molecular weight excluding hydrogens is 420 g/mol. The molecule has 0 atom stereocenters. The number of nitrogens with one attached hydrogen (secondary N) is 3. The van der Waals surface area contributed by atoms with Crippen LogP contribution in [0.4, 0.5) is 5.69 Å². The van der Waals surface area contributed by atoms with Crippen molar-refractivity contribution in [2.75, 3.05) is 26.1 Å². The lowest BCUT2D eigenvalue weighted by molar-refractivity contribution is 0.0943. The van der Waals surface area contributed by atoms with E-state index in [1.54, 1.807) is 32.2 Å². The highest BCUT2D eigenvalue weighted by Gasteiger charge is 2.23. The van der Waals surface area contributed by atoms with Gasteiger partial charge in [-0.1, -0.05) is 26.0 Å². The maximum atomic E-state index is 12.6. The summed E-state index contributed by atoms with van der Waals surface area (Å²) in [5.41, 5.74) is 3.86. The molecule has 0 aliphatic rings. The van der Waals surface area contributed by atoms with Crippen molar-refractivity contribution in [3.63, 3.8) is 0 Å². The molecule has 0 unspecified atom stereocenters. The van der Waals surface area contributed by atoms with Crippen molar-refractivity contribution in [2.24, 2.45) is 0 Å². The van der Waals surface area contributed by atoms with Crippen LogP contribution in [0.1, 0.15) is 51.5 Å². The predicted molar refractivity (Wildman–Crippen MR) is 127 cm³/mol. The van der Waals surface area contributed by atoms with Crippen molar-refractivity contribution in [1.82, 2.24) is 15.5 Å². The molecular formula is C25H30N4O4. The maximum absolute atomic E-state index is 12.6. The zero-order chi connectivity index (χ0) is 24.2. The average molecular weight is 451 g/mol. The lowest BCUT2D eigenvalue weighted by atomic mass is 9.84. The minimum Gasteiger partial charge on any atom is -0.493 e. The van der Waals surface area contributed by atoms with Gasteiger partial charge in [0.2, 0.25) is 0 Å². The van der Waals surface area contributed by atoms with E-state index >= 15 is 0 Å². The Morgan fingerprint density at radius 2 is 1.64 bits per heavy atom. The molecule has 3 N–H and O–H groups in total. The normalized spacial score (nSPS) is 11.1. The molecule has 0 aliphatic carbocycles. The quantitative estimate of drug-likeness (QED) is 0.481. The van der Waals surface area contributed by atoms with E-state index < -0.39 is 0 Å². The van der Waals surface area contributed by atoms with Gasteiger partial charge in [0.1, 0.15) is 0 Å². The van der Waals surface area contributed by atoms with Gasteiger partial charge in [0.05, 0.1) is 25.5 Å². The van der Waals surface area contributed by atoms with Gasteiger partial charge in [0, 0.05) is 28.9 Å². The standard InChI is InChI=1S/C25H30N4O4/c1-15-22(16(2)29-28-15)24(31)26-14-25(3,4)18-8-10-19(11-9-18)27-23(30)17-7-12-20(32-5)21(13-17)33-6/h7-13H,14H2,1-6H3,(H,26,31)(H,27,30)(H,28,29). The minimum atomic E-state index is -0.312. The Hall–Kier alpha value is -3.81. The van der Waals surface area contributed by atoms with Gasteiger partial charge in [0.15, 0.2) is 11.5 Å². The highest BCUT2D eigenvalue weighted by atomic mass is 16.5. The van der Waals surface area contributed by atoms with Gasteiger partial charge >= 0.3 is 0 Å². The van der Waals surface area contributed by atoms with E-state index in [-0.39, 0.29) is 17.2 Å². The minimum absolute atomic E-state index is 0.148. The SMILES string of the molecule is COc1ccc(C(=O)Nc2ccc(C(C)(C)CNC(=O)c3c(C)n[nH]c3C)cc2)cc1OC. The van der Waals surface area contributed by atoms with Crippen molar-refractivity contribution in [3.05, 3.63) is 70.5 Å². The van der Waals surface area contributed by atoms with E-state index in [0.717, 1.165) is 11.3 Å². The molecule has 8 nitrogen and oxygen atoms in total. The van der Waals surface area contributed by atoms with E-state index in [0.29, 0.717) is 40.6 Å². The number of amides is 2. The largest absolute Gasteiger partial charge is 0.493 e. The Kier molecular flexibility index (Phi) is 7.06. The van der Waals surface area contributed by atoms with Gasteiger partial charge in [-0.05, 0) is 49.7 Å². The van der Waals surface area contributed by atoms with Crippen molar-refractivity contribution < 1.29 is 19.1 Å². The summed E-state index contributed by atoms with van der Waals surface area (Å²) in [5.74, 6) is 0.655. The number of hydrogen-bond acceptors (Lipinski definition) is 5. The summed E-state index contributed by atoms with van der Waals surface area (Å²) in [5, 5.41) is 12.8. The van der Waals surface area contributed by atoms with Crippen LogP contribution in [0.5, 0.6) is 11.5 Å². The van der Waals surface area contributed by atoms with Crippen LogP contribution in [0.25, 0.3) is 0 Å². The second kappa shape index (κ2) is 9.77. The summed E-state index contributed by atoms with van der Waals surface area (Å²) in [4.78, 5) is 25.2. The highest BCUT2D eigenvalue weighted by Crippen LogP contribution is 2.28. The summed E-state index contributed by atoms with van der Waals surface area (Å²) >= 11 is 0. The molecule has 0 fully saturated rings. The summed E-state index contributed by atoms with van der Waals surface area (Å²) in [7, 11) is 3.07. The Bertz CT molecular complexity index is 1130. The number of nitrogens with zero attached hydrogens (tertiary/aromatic N) is 1. The summed E-state index contributed by atoms with van der Waals surface area (Å²) in [6, 6.07) is 12.6. The second-order valence-corrected chi connectivity index (χ2v) is 8.48. The lowest BCUT2D eigenvalue weighted by Gasteiger charge is -2.26. The van der Waals surface area contributed by atoms with Crippen LogP contribution in [0, 0.1) is 13.8 Å². The lowest BCUT2D eigenvalue weighted by Crippen LogP contribution is -2.37. The van der Waals surface area contributed by atoms with E-state index in [1.165, 1.54) is 7.11 Å². The third kappa shape index (κ3) is 5.34. The molecule has 0 aliphatic heterocycles. The molecule has 3 aromatic rings. The summed E-state index contributed by atoms with van der Waals surface area (Å²) in [6.07, 6.45) is 0. The molecule has 0 radical (unpaired) electrons. The van der Waals surface area contributed by atoms with E-state index in [9.17, 15) is 9.59 Å². The molecule has 0 bridgehead atoms. The number of hydrogen-bond donors (Lipinski definition) is 3. The summed E-state index contributed by atoms with van der Waals surface area (Å²) in [6.45, 7) is 8.19. The van der Waals surface area contributed by atoms with E-state index in [1.807, 2.05) is 31.2 Å². The fraction of sp³-hybridized carbons (Fsp3) is 0.320. The Balaban J connectivity index is 1.65. The molecule has 8 heteroatoms. The molecule has 0 saturated carbocycles. The predicted octanol–water partition coefficient (Wildman–Crippen LogP) is 4.00. The molecule has 174 valence electrons. The van der Waals surface area contributed by atoms with Crippen molar-refractivity contribution in [3.8, 4) is 11.5 Å². The van der Waals surface area contributed by atoms with Crippen LogP contribution < -0.4 is 20.1 Å². The van der Waals surface area contributed by atoms with Crippen molar-refractivity contribution in [1.29, 1.82) is 0 Å². The Morgan fingerprint density at radius 1 is 0.970 bits per heavy atom. The van der Waals surface area contributed by atoms with Crippen LogP contribution in [-0.2, 0) is 5.41 Å². The van der Waals surface area contributed by atoms with Crippen molar-refractivity contribution in [2.45, 2.75) is 33.1 Å². The van der Waals surface area contributed by atoms with Gasteiger partial charge in [-0.2, -0.15) is 5.10 Å². The van der Waals surface area contributed by atoms with Gasteiger partial charge in [-0.3, -0.25) is 14.7 Å². The Labute approximate surface area is 193 Å². The number of aromatic amines is 1. The van der Waals surface area contributed by atoms with Gasteiger partial charge < -0.3 is 20.1 Å². The molecule has 1 aromatic heterocycles. The number of anilines is 1. The van der Waals surface area contributed by atoms with Crippen LogP contribution >= 0.6 is 0 Å². The number of rotatable bonds is 8. The van der Waals surface area contributed by atoms with Gasteiger partial charge in [0.25, 0.3) is 11.8 Å². The second-order valence-electron chi connectivity index (χ2n) is 8.48. The van der Waals surface area contributed by atoms with Crippen LogP contribution in [0.3, 0.4) is 0 Å².